The minimum atomic E-state index is -0.787. The van der Waals surface area contributed by atoms with E-state index in [0.717, 1.165) is 18.6 Å². The van der Waals surface area contributed by atoms with Crippen LogP contribution in [0.25, 0.3) is 0 Å². The Morgan fingerprint density at radius 2 is 2.53 bits per heavy atom. The smallest absolute Gasteiger partial charge is 0.254 e. The molecule has 1 fully saturated rings. The molecule has 2 rings (SSSR count). The van der Waals surface area contributed by atoms with E-state index in [4.69, 9.17) is 11.6 Å². The molecule has 0 unspecified atom stereocenters. The van der Waals surface area contributed by atoms with Crippen molar-refractivity contribution in [3.63, 3.8) is 0 Å². The van der Waals surface area contributed by atoms with Crippen LogP contribution < -0.4 is 5.32 Å². The van der Waals surface area contributed by atoms with Crippen LogP contribution in [0.15, 0.2) is 18.3 Å². The Balaban J connectivity index is 1.92. The van der Waals surface area contributed by atoms with Crippen LogP contribution in [0.3, 0.4) is 0 Å². The van der Waals surface area contributed by atoms with Crippen LogP contribution >= 0.6 is 23.4 Å². The van der Waals surface area contributed by atoms with Crippen LogP contribution in [0, 0.1) is 0 Å². The molecule has 1 heterocycles. The second-order valence-corrected chi connectivity index (χ2v) is 6.45. The Morgan fingerprint density at radius 1 is 1.74 bits per heavy atom. The number of carbonyl (C=O) groups is 1. The topological polar surface area (TPSA) is 62.2 Å². The van der Waals surface area contributed by atoms with E-state index in [1.54, 1.807) is 23.9 Å². The molecule has 0 radical (unpaired) electrons. The summed E-state index contributed by atoms with van der Waals surface area (Å²) < 4.78 is 0. The first-order chi connectivity index (χ1) is 9.07. The quantitative estimate of drug-likeness (QED) is 0.818. The Kier molecular flexibility index (Phi) is 4.71. The van der Waals surface area contributed by atoms with Crippen LogP contribution in [-0.4, -0.2) is 39.1 Å². The van der Waals surface area contributed by atoms with Gasteiger partial charge < -0.3 is 10.4 Å². The summed E-state index contributed by atoms with van der Waals surface area (Å²) in [6.45, 7) is 2.33. The third-order valence-corrected chi connectivity index (χ3v) is 5.08. The Morgan fingerprint density at radius 3 is 3.11 bits per heavy atom. The number of thioether (sulfide) groups is 1. The maximum absolute atomic E-state index is 12.0. The standard InChI is InChI=1S/C13H17ClN2O2S/c1-2-19-10-5-6-13(10,18)8-16-12(17)9-4-3-7-15-11(9)14/h3-4,7,10,18H,2,5-6,8H2,1H3,(H,16,17)/t10-,13-/m0/s1. The highest BCUT2D eigenvalue weighted by atomic mass is 35.5. The van der Waals surface area contributed by atoms with E-state index in [-0.39, 0.29) is 22.9 Å². The van der Waals surface area contributed by atoms with E-state index in [1.807, 2.05) is 0 Å². The SMILES string of the molecule is CCS[C@H]1CC[C@]1(O)CNC(=O)c1cccnc1Cl. The van der Waals surface area contributed by atoms with E-state index in [9.17, 15) is 9.90 Å². The van der Waals surface area contributed by atoms with Gasteiger partial charge in [-0.3, -0.25) is 4.79 Å². The summed E-state index contributed by atoms with van der Waals surface area (Å²) in [7, 11) is 0. The van der Waals surface area contributed by atoms with Crippen molar-refractivity contribution < 1.29 is 9.90 Å². The van der Waals surface area contributed by atoms with Gasteiger partial charge in [-0.1, -0.05) is 18.5 Å². The molecule has 0 aromatic carbocycles. The van der Waals surface area contributed by atoms with Gasteiger partial charge in [-0.05, 0) is 30.7 Å². The maximum Gasteiger partial charge on any atom is 0.254 e. The molecule has 2 atom stereocenters. The molecule has 1 aliphatic rings. The normalized spacial score (nSPS) is 25.7. The van der Waals surface area contributed by atoms with Gasteiger partial charge in [0, 0.05) is 18.0 Å². The number of hydrogen-bond donors (Lipinski definition) is 2. The number of pyridine rings is 1. The zero-order valence-corrected chi connectivity index (χ0v) is 12.3. The lowest BCUT2D eigenvalue weighted by Crippen LogP contribution is -2.57. The average Bonchev–Trinajstić information content (AvgIpc) is 2.41. The summed E-state index contributed by atoms with van der Waals surface area (Å²) in [5, 5.41) is 13.5. The molecule has 104 valence electrons. The first kappa shape index (κ1) is 14.6. The van der Waals surface area contributed by atoms with Gasteiger partial charge in [0.15, 0.2) is 0 Å². The molecule has 1 aliphatic carbocycles. The first-order valence-corrected chi connectivity index (χ1v) is 7.72. The molecule has 1 amide bonds. The van der Waals surface area contributed by atoms with Crippen LogP contribution in [0.2, 0.25) is 5.15 Å². The Hall–Kier alpha value is -0.780. The van der Waals surface area contributed by atoms with E-state index < -0.39 is 5.60 Å². The van der Waals surface area contributed by atoms with Crippen molar-refractivity contribution in [1.82, 2.24) is 10.3 Å². The van der Waals surface area contributed by atoms with Crippen LogP contribution in [-0.2, 0) is 0 Å². The Bertz CT molecular complexity index is 472. The molecular formula is C13H17ClN2O2S. The fourth-order valence-corrected chi connectivity index (χ4v) is 3.52. The van der Waals surface area contributed by atoms with Gasteiger partial charge >= 0.3 is 0 Å². The van der Waals surface area contributed by atoms with E-state index in [2.05, 4.69) is 17.2 Å². The fraction of sp³-hybridized carbons (Fsp3) is 0.538. The summed E-state index contributed by atoms with van der Waals surface area (Å²) in [6, 6.07) is 3.28. The average molecular weight is 301 g/mol. The highest BCUT2D eigenvalue weighted by Crippen LogP contribution is 2.40. The summed E-state index contributed by atoms with van der Waals surface area (Å²) in [4.78, 5) is 15.8. The van der Waals surface area contributed by atoms with Crippen molar-refractivity contribution in [2.24, 2.45) is 0 Å². The molecule has 0 spiro atoms. The number of aliphatic hydroxyl groups is 1. The van der Waals surface area contributed by atoms with Crippen molar-refractivity contribution in [3.8, 4) is 0 Å². The van der Waals surface area contributed by atoms with Gasteiger partial charge in [0.25, 0.3) is 5.91 Å². The van der Waals surface area contributed by atoms with Gasteiger partial charge in [-0.15, -0.1) is 0 Å². The molecule has 2 N–H and O–H groups in total. The van der Waals surface area contributed by atoms with Crippen molar-refractivity contribution in [1.29, 1.82) is 0 Å². The lowest BCUT2D eigenvalue weighted by Gasteiger charge is -2.45. The van der Waals surface area contributed by atoms with E-state index in [1.165, 1.54) is 6.20 Å². The third kappa shape index (κ3) is 3.22. The molecule has 6 heteroatoms. The molecule has 4 nitrogen and oxygen atoms in total. The molecular weight excluding hydrogens is 284 g/mol. The van der Waals surface area contributed by atoms with Gasteiger partial charge in [-0.25, -0.2) is 4.98 Å². The molecule has 1 saturated carbocycles. The number of amides is 1. The predicted molar refractivity (Wildman–Crippen MR) is 77.7 cm³/mol. The lowest BCUT2D eigenvalue weighted by molar-refractivity contribution is -0.0221. The lowest BCUT2D eigenvalue weighted by atomic mass is 9.79. The number of carbonyl (C=O) groups excluding carboxylic acids is 1. The maximum atomic E-state index is 12.0. The highest BCUT2D eigenvalue weighted by molar-refractivity contribution is 8.00. The van der Waals surface area contributed by atoms with Gasteiger partial charge in [-0.2, -0.15) is 11.8 Å². The zero-order chi connectivity index (χ0) is 13.9. The van der Waals surface area contributed by atoms with Crippen molar-refractivity contribution in [2.45, 2.75) is 30.6 Å². The highest BCUT2D eigenvalue weighted by Gasteiger charge is 2.45. The van der Waals surface area contributed by atoms with Crippen LogP contribution in [0.1, 0.15) is 30.1 Å². The molecule has 0 aliphatic heterocycles. The van der Waals surface area contributed by atoms with E-state index >= 15 is 0 Å². The minimum Gasteiger partial charge on any atom is -0.387 e. The number of nitrogens with zero attached hydrogens (tertiary/aromatic N) is 1. The van der Waals surface area contributed by atoms with Gasteiger partial charge in [0.2, 0.25) is 0 Å². The summed E-state index contributed by atoms with van der Waals surface area (Å²) in [5.41, 5.74) is -0.447. The number of hydrogen-bond acceptors (Lipinski definition) is 4. The second-order valence-electron chi connectivity index (χ2n) is 4.61. The van der Waals surface area contributed by atoms with Crippen molar-refractivity contribution >= 4 is 29.3 Å². The molecule has 19 heavy (non-hydrogen) atoms. The predicted octanol–water partition coefficient (Wildman–Crippen LogP) is 2.11. The summed E-state index contributed by atoms with van der Waals surface area (Å²) in [5.74, 6) is 0.675. The van der Waals surface area contributed by atoms with Crippen LogP contribution in [0.4, 0.5) is 0 Å². The number of nitrogens with one attached hydrogen (secondary N) is 1. The second kappa shape index (κ2) is 6.11. The van der Waals surface area contributed by atoms with Crippen molar-refractivity contribution in [3.05, 3.63) is 29.0 Å². The number of halogens is 1. The van der Waals surface area contributed by atoms with Crippen molar-refractivity contribution in [2.75, 3.05) is 12.3 Å². The largest absolute Gasteiger partial charge is 0.387 e. The summed E-state index contributed by atoms with van der Waals surface area (Å²) in [6.07, 6.45) is 3.26. The van der Waals surface area contributed by atoms with Gasteiger partial charge in [0.1, 0.15) is 5.15 Å². The first-order valence-electron chi connectivity index (χ1n) is 6.29. The zero-order valence-electron chi connectivity index (χ0n) is 10.7. The molecule has 0 bridgehead atoms. The monoisotopic (exact) mass is 300 g/mol. The summed E-state index contributed by atoms with van der Waals surface area (Å²) >= 11 is 7.59. The molecule has 1 aromatic rings. The molecule has 0 saturated heterocycles. The fourth-order valence-electron chi connectivity index (χ4n) is 2.12. The number of rotatable bonds is 5. The Labute approximate surface area is 121 Å². The molecule has 1 aromatic heterocycles. The minimum absolute atomic E-state index is 0.181. The third-order valence-electron chi connectivity index (χ3n) is 3.37. The van der Waals surface area contributed by atoms with Crippen LogP contribution in [0.5, 0.6) is 0 Å². The van der Waals surface area contributed by atoms with E-state index in [0.29, 0.717) is 5.56 Å². The number of aromatic nitrogens is 1. The van der Waals surface area contributed by atoms with Gasteiger partial charge in [0.05, 0.1) is 11.2 Å².